The first-order chi connectivity index (χ1) is 14.2. The molecule has 1 saturated heterocycles. The Morgan fingerprint density at radius 3 is 2.53 bits per heavy atom. The van der Waals surface area contributed by atoms with Crippen LogP contribution in [-0.4, -0.2) is 39.2 Å². The fourth-order valence-electron chi connectivity index (χ4n) is 3.17. The molecule has 0 spiro atoms. The number of rotatable bonds is 6. The first-order valence-electron chi connectivity index (χ1n) is 9.61. The summed E-state index contributed by atoms with van der Waals surface area (Å²) in [4.78, 5) is 38.2. The molecule has 0 saturated carbocycles. The molecule has 0 radical (unpaired) electrons. The largest absolute Gasteiger partial charge is 0.461 e. The number of esters is 1. The van der Waals surface area contributed by atoms with E-state index in [0.29, 0.717) is 11.4 Å². The highest BCUT2D eigenvalue weighted by Crippen LogP contribution is 2.33. The number of ether oxygens (including phenoxy) is 1. The van der Waals surface area contributed by atoms with Crippen molar-refractivity contribution in [2.24, 2.45) is 0 Å². The molecule has 1 aromatic heterocycles. The Kier molecular flexibility index (Phi) is 6.73. The smallest absolute Gasteiger partial charge is 0.326 e. The van der Waals surface area contributed by atoms with Gasteiger partial charge in [-0.2, -0.15) is 0 Å². The van der Waals surface area contributed by atoms with Crippen LogP contribution in [-0.2, 0) is 14.3 Å². The average Bonchev–Trinajstić information content (AvgIpc) is 3.12. The molecule has 0 bridgehead atoms. The van der Waals surface area contributed by atoms with Crippen molar-refractivity contribution in [2.45, 2.75) is 40.2 Å². The number of nitrogens with zero attached hydrogens (tertiary/aromatic N) is 2. The maximum absolute atomic E-state index is 12.7. The van der Waals surface area contributed by atoms with Crippen LogP contribution < -0.4 is 0 Å². The first-order valence-corrected chi connectivity index (χ1v) is 10.8. The highest BCUT2D eigenvalue weighted by atomic mass is 35.5. The van der Waals surface area contributed by atoms with Crippen molar-refractivity contribution in [3.05, 3.63) is 57.2 Å². The number of imide groups is 1. The van der Waals surface area contributed by atoms with E-state index in [1.807, 2.05) is 51.1 Å². The predicted octanol–water partition coefficient (Wildman–Crippen LogP) is 5.13. The van der Waals surface area contributed by atoms with Crippen LogP contribution in [0, 0.1) is 13.8 Å². The number of benzene rings is 1. The minimum absolute atomic E-state index is 0.258. The van der Waals surface area contributed by atoms with Crippen LogP contribution >= 0.6 is 23.4 Å². The molecule has 1 aliphatic rings. The molecule has 8 heteroatoms. The second-order valence-corrected chi connectivity index (χ2v) is 8.54. The number of carbonyl (C=O) groups is 3. The highest BCUT2D eigenvalue weighted by Gasteiger charge is 2.37. The molecule has 3 rings (SSSR count). The summed E-state index contributed by atoms with van der Waals surface area (Å²) in [5.74, 6) is -1.07. The van der Waals surface area contributed by atoms with Gasteiger partial charge in [0, 0.05) is 22.1 Å². The number of hydrogen-bond acceptors (Lipinski definition) is 5. The van der Waals surface area contributed by atoms with Crippen LogP contribution in [0.5, 0.6) is 0 Å². The van der Waals surface area contributed by atoms with Gasteiger partial charge in [-0.1, -0.05) is 18.5 Å². The molecule has 2 amide bonds. The molecule has 0 aliphatic carbocycles. The molecular weight excluding hydrogens is 424 g/mol. The maximum Gasteiger partial charge on any atom is 0.326 e. The summed E-state index contributed by atoms with van der Waals surface area (Å²) in [6.07, 6.45) is 2.10. The maximum atomic E-state index is 12.7. The summed E-state index contributed by atoms with van der Waals surface area (Å²) >= 11 is 6.81. The number of aryl methyl sites for hydroxylation is 1. The van der Waals surface area contributed by atoms with E-state index in [4.69, 9.17) is 16.3 Å². The molecule has 1 aliphatic heterocycles. The third kappa shape index (κ3) is 4.63. The fourth-order valence-corrected chi connectivity index (χ4v) is 4.13. The molecule has 1 fully saturated rings. The van der Waals surface area contributed by atoms with Crippen molar-refractivity contribution >= 4 is 46.6 Å². The highest BCUT2D eigenvalue weighted by molar-refractivity contribution is 8.18. The van der Waals surface area contributed by atoms with Gasteiger partial charge in [-0.25, -0.2) is 0 Å². The zero-order chi connectivity index (χ0) is 22.0. The Bertz CT molecular complexity index is 1030. The minimum Gasteiger partial charge on any atom is -0.461 e. The summed E-state index contributed by atoms with van der Waals surface area (Å²) in [7, 11) is 0. The summed E-state index contributed by atoms with van der Waals surface area (Å²) in [6, 6.07) is 9.43. The lowest BCUT2D eigenvalue weighted by Gasteiger charge is -2.14. The number of halogens is 1. The summed E-state index contributed by atoms with van der Waals surface area (Å²) in [5, 5.41) is 0.181. The molecule has 0 N–H and O–H groups in total. The molecule has 6 nitrogen and oxygen atoms in total. The third-order valence-corrected chi connectivity index (χ3v) is 6.07. The molecule has 2 heterocycles. The number of amides is 2. The van der Waals surface area contributed by atoms with Gasteiger partial charge in [-0.3, -0.25) is 19.3 Å². The van der Waals surface area contributed by atoms with E-state index in [-0.39, 0.29) is 17.6 Å². The molecule has 158 valence electrons. The van der Waals surface area contributed by atoms with Crippen LogP contribution in [0.2, 0.25) is 5.02 Å². The van der Waals surface area contributed by atoms with Crippen LogP contribution in [0.1, 0.15) is 37.2 Å². The Balaban J connectivity index is 1.83. The van der Waals surface area contributed by atoms with E-state index in [2.05, 4.69) is 4.57 Å². The van der Waals surface area contributed by atoms with Crippen LogP contribution in [0.4, 0.5) is 4.79 Å². The molecule has 1 atom stereocenters. The van der Waals surface area contributed by atoms with Gasteiger partial charge in [-0.15, -0.1) is 0 Å². The summed E-state index contributed by atoms with van der Waals surface area (Å²) in [5.41, 5.74) is 3.69. The third-order valence-electron chi connectivity index (χ3n) is 4.91. The van der Waals surface area contributed by atoms with Gasteiger partial charge in [0.1, 0.15) is 6.54 Å². The first kappa shape index (κ1) is 22.2. The van der Waals surface area contributed by atoms with E-state index in [1.54, 1.807) is 13.0 Å². The molecule has 30 heavy (non-hydrogen) atoms. The summed E-state index contributed by atoms with van der Waals surface area (Å²) in [6.45, 7) is 7.19. The van der Waals surface area contributed by atoms with E-state index in [0.717, 1.165) is 39.3 Å². The lowest BCUT2D eigenvalue weighted by atomic mass is 10.2. The van der Waals surface area contributed by atoms with Crippen LogP contribution in [0.3, 0.4) is 0 Å². The number of carbonyl (C=O) groups excluding carboxylic acids is 3. The fraction of sp³-hybridized carbons (Fsp3) is 0.318. The molecule has 2 aromatic rings. The van der Waals surface area contributed by atoms with Gasteiger partial charge < -0.3 is 9.30 Å². The SMILES string of the molecule is CC[C@@H](C)OC(=O)CN1C(=O)S/C(=C/c2cc(C)n(-c3ccc(Cl)cc3)c2C)C1=O. The van der Waals surface area contributed by atoms with Crippen molar-refractivity contribution in [1.82, 2.24) is 9.47 Å². The van der Waals surface area contributed by atoms with Gasteiger partial charge in [0.15, 0.2) is 0 Å². The normalized spacial score (nSPS) is 16.4. The second-order valence-electron chi connectivity index (χ2n) is 7.11. The van der Waals surface area contributed by atoms with Crippen molar-refractivity contribution in [1.29, 1.82) is 0 Å². The Labute approximate surface area is 184 Å². The zero-order valence-corrected chi connectivity index (χ0v) is 18.8. The van der Waals surface area contributed by atoms with E-state index in [1.165, 1.54) is 0 Å². The minimum atomic E-state index is -0.589. The standard InChI is InChI=1S/C22H23ClN2O4S/c1-5-14(3)29-20(26)12-24-21(27)19(30-22(24)28)11-16-10-13(2)25(15(16)4)18-8-6-17(23)7-9-18/h6-11,14H,5,12H2,1-4H3/b19-11+/t14-/m1/s1. The van der Waals surface area contributed by atoms with Gasteiger partial charge in [0.05, 0.1) is 11.0 Å². The molecule has 0 unspecified atom stereocenters. The lowest BCUT2D eigenvalue weighted by molar-refractivity contribution is -0.150. The van der Waals surface area contributed by atoms with Gasteiger partial charge >= 0.3 is 5.97 Å². The quantitative estimate of drug-likeness (QED) is 0.454. The summed E-state index contributed by atoms with van der Waals surface area (Å²) < 4.78 is 7.23. The topological polar surface area (TPSA) is 68.6 Å². The lowest BCUT2D eigenvalue weighted by Crippen LogP contribution is -2.35. The van der Waals surface area contributed by atoms with Crippen molar-refractivity contribution < 1.29 is 19.1 Å². The zero-order valence-electron chi connectivity index (χ0n) is 17.3. The Morgan fingerprint density at radius 2 is 1.90 bits per heavy atom. The number of thioether (sulfide) groups is 1. The van der Waals surface area contributed by atoms with Crippen molar-refractivity contribution in [3.63, 3.8) is 0 Å². The van der Waals surface area contributed by atoms with Crippen molar-refractivity contribution in [2.75, 3.05) is 6.54 Å². The average molecular weight is 447 g/mol. The van der Waals surface area contributed by atoms with Crippen molar-refractivity contribution in [3.8, 4) is 5.69 Å². The van der Waals surface area contributed by atoms with Crippen LogP contribution in [0.15, 0.2) is 35.2 Å². The second kappa shape index (κ2) is 9.10. The molecule has 1 aromatic carbocycles. The Hall–Kier alpha value is -2.51. The number of aromatic nitrogens is 1. The number of hydrogen-bond donors (Lipinski definition) is 0. The Morgan fingerprint density at radius 1 is 1.23 bits per heavy atom. The monoisotopic (exact) mass is 446 g/mol. The van der Waals surface area contributed by atoms with E-state index in [9.17, 15) is 14.4 Å². The van der Waals surface area contributed by atoms with E-state index >= 15 is 0 Å². The van der Waals surface area contributed by atoms with E-state index < -0.39 is 17.1 Å². The van der Waals surface area contributed by atoms with Gasteiger partial charge in [0.25, 0.3) is 11.1 Å². The van der Waals surface area contributed by atoms with Gasteiger partial charge in [-0.05, 0) is 80.9 Å². The van der Waals surface area contributed by atoms with Crippen LogP contribution in [0.25, 0.3) is 11.8 Å². The van der Waals surface area contributed by atoms with Gasteiger partial charge in [0.2, 0.25) is 0 Å². The molecular formula is C22H23ClN2O4S. The predicted molar refractivity (Wildman–Crippen MR) is 119 cm³/mol.